The van der Waals surface area contributed by atoms with Crippen LogP contribution in [0.3, 0.4) is 0 Å². The summed E-state index contributed by atoms with van der Waals surface area (Å²) in [5.41, 5.74) is 2.68. The van der Waals surface area contributed by atoms with Crippen LogP contribution in [0.25, 0.3) is 22.8 Å². The van der Waals surface area contributed by atoms with Gasteiger partial charge in [-0.2, -0.15) is 0 Å². The van der Waals surface area contributed by atoms with Gasteiger partial charge in [0.25, 0.3) is 5.91 Å². The molecule has 196 valence electrons. The molecule has 1 aliphatic rings. The van der Waals surface area contributed by atoms with Crippen molar-refractivity contribution in [1.82, 2.24) is 19.5 Å². The normalized spacial score (nSPS) is 19.5. The number of aromatic nitrogens is 4. The van der Waals surface area contributed by atoms with Crippen LogP contribution < -0.4 is 14.8 Å². The van der Waals surface area contributed by atoms with Crippen molar-refractivity contribution in [3.05, 3.63) is 72.3 Å². The lowest BCUT2D eigenvalue weighted by molar-refractivity contribution is -0.111. The SMILES string of the molecule is COc1ccc(/C=C(/C(=O)Nc2ncnc3c2ncn3[C@H]2C[C@H](O)[C@@H](CO)O2)c2ccc(OC)cc2)cc1. The van der Waals surface area contributed by atoms with Gasteiger partial charge in [-0.25, -0.2) is 15.0 Å². The number of aliphatic hydroxyl groups excluding tert-OH is 2. The number of hydrogen-bond donors (Lipinski definition) is 3. The van der Waals surface area contributed by atoms with E-state index in [4.69, 9.17) is 14.2 Å². The van der Waals surface area contributed by atoms with E-state index < -0.39 is 24.3 Å². The summed E-state index contributed by atoms with van der Waals surface area (Å²) < 4.78 is 17.9. The molecule has 3 N–H and O–H groups in total. The highest BCUT2D eigenvalue weighted by molar-refractivity contribution is 6.29. The van der Waals surface area contributed by atoms with Crippen molar-refractivity contribution in [3.63, 3.8) is 0 Å². The molecule has 3 atom stereocenters. The first-order valence-corrected chi connectivity index (χ1v) is 11.9. The molecule has 3 heterocycles. The summed E-state index contributed by atoms with van der Waals surface area (Å²) in [4.78, 5) is 26.6. The molecular formula is C27H27N5O6. The van der Waals surface area contributed by atoms with Crippen LogP contribution in [-0.4, -0.2) is 68.7 Å². The van der Waals surface area contributed by atoms with Gasteiger partial charge < -0.3 is 29.7 Å². The van der Waals surface area contributed by atoms with Crippen molar-refractivity contribution in [2.24, 2.45) is 0 Å². The standard InChI is InChI=1S/C27H27N5O6/c1-36-18-7-3-16(4-8-18)11-20(17-5-9-19(37-2)10-6-17)27(35)31-25-24-26(29-14-28-25)32(15-30-24)23-12-21(34)22(13-33)38-23/h3-11,14-15,21-23,33-34H,12-13H2,1-2H3,(H,28,29,31,35)/b20-11+/t21-,22+,23+/m0/s1. The van der Waals surface area contributed by atoms with E-state index in [0.29, 0.717) is 33.8 Å². The van der Waals surface area contributed by atoms with Gasteiger partial charge in [-0.05, 0) is 41.5 Å². The maximum absolute atomic E-state index is 13.6. The molecule has 0 aliphatic carbocycles. The van der Waals surface area contributed by atoms with Crippen LogP contribution in [0.1, 0.15) is 23.8 Å². The highest BCUT2D eigenvalue weighted by atomic mass is 16.5. The summed E-state index contributed by atoms with van der Waals surface area (Å²) in [6.07, 6.45) is 2.84. The van der Waals surface area contributed by atoms with Gasteiger partial charge in [0.1, 0.15) is 30.2 Å². The van der Waals surface area contributed by atoms with Gasteiger partial charge in [0.2, 0.25) is 0 Å². The van der Waals surface area contributed by atoms with Crippen LogP contribution >= 0.6 is 0 Å². The molecule has 0 unspecified atom stereocenters. The second-order valence-corrected chi connectivity index (χ2v) is 8.67. The molecule has 2 aromatic heterocycles. The third-order valence-corrected chi connectivity index (χ3v) is 6.36. The fourth-order valence-electron chi connectivity index (χ4n) is 4.30. The van der Waals surface area contributed by atoms with Crippen LogP contribution in [0, 0.1) is 0 Å². The first kappa shape index (κ1) is 25.3. The Kier molecular flexibility index (Phi) is 7.31. The molecule has 38 heavy (non-hydrogen) atoms. The predicted octanol–water partition coefficient (Wildman–Crippen LogP) is 2.66. The van der Waals surface area contributed by atoms with Gasteiger partial charge in [-0.15, -0.1) is 0 Å². The molecule has 1 amide bonds. The molecule has 0 saturated carbocycles. The number of ether oxygens (including phenoxy) is 3. The second kappa shape index (κ2) is 11.0. The van der Waals surface area contributed by atoms with E-state index in [0.717, 1.165) is 5.56 Å². The average molecular weight is 518 g/mol. The zero-order chi connectivity index (χ0) is 26.6. The van der Waals surface area contributed by atoms with Gasteiger partial charge in [0.15, 0.2) is 17.0 Å². The van der Waals surface area contributed by atoms with Gasteiger partial charge in [0, 0.05) is 12.0 Å². The quantitative estimate of drug-likeness (QED) is 0.238. The number of nitrogens with one attached hydrogen (secondary N) is 1. The number of amides is 1. The first-order valence-electron chi connectivity index (χ1n) is 11.9. The number of aliphatic hydroxyl groups is 2. The van der Waals surface area contributed by atoms with Crippen molar-refractivity contribution < 1.29 is 29.2 Å². The van der Waals surface area contributed by atoms with Crippen LogP contribution in [0.4, 0.5) is 5.82 Å². The molecule has 0 radical (unpaired) electrons. The Bertz CT molecular complexity index is 1450. The number of fused-ring (bicyclic) bond motifs is 1. The number of imidazole rings is 1. The van der Waals surface area contributed by atoms with E-state index >= 15 is 0 Å². The molecule has 5 rings (SSSR count). The van der Waals surface area contributed by atoms with Gasteiger partial charge >= 0.3 is 0 Å². The third-order valence-electron chi connectivity index (χ3n) is 6.36. The molecule has 4 aromatic rings. The van der Waals surface area contributed by atoms with E-state index in [1.807, 2.05) is 24.3 Å². The molecule has 1 aliphatic heterocycles. The number of rotatable bonds is 8. The molecule has 2 aromatic carbocycles. The molecule has 1 saturated heterocycles. The van der Waals surface area contributed by atoms with Crippen LogP contribution in [-0.2, 0) is 9.53 Å². The minimum absolute atomic E-state index is 0.227. The number of benzene rings is 2. The van der Waals surface area contributed by atoms with Crippen molar-refractivity contribution in [2.45, 2.75) is 24.9 Å². The Morgan fingerprint density at radius 1 is 1.08 bits per heavy atom. The summed E-state index contributed by atoms with van der Waals surface area (Å²) in [5, 5.41) is 22.4. The fourth-order valence-corrected chi connectivity index (χ4v) is 4.30. The number of nitrogens with zero attached hydrogens (tertiary/aromatic N) is 4. The minimum atomic E-state index is -0.807. The summed E-state index contributed by atoms with van der Waals surface area (Å²) in [6.45, 7) is -0.296. The minimum Gasteiger partial charge on any atom is -0.497 e. The number of carbonyl (C=O) groups is 1. The van der Waals surface area contributed by atoms with E-state index in [1.54, 1.807) is 49.1 Å². The number of anilines is 1. The summed E-state index contributed by atoms with van der Waals surface area (Å²) in [6, 6.07) is 14.5. The van der Waals surface area contributed by atoms with E-state index in [9.17, 15) is 15.0 Å². The lowest BCUT2D eigenvalue weighted by atomic mass is 10.0. The van der Waals surface area contributed by atoms with Gasteiger partial charge in [0.05, 0.1) is 33.3 Å². The Morgan fingerprint density at radius 2 is 1.76 bits per heavy atom. The summed E-state index contributed by atoms with van der Waals surface area (Å²) in [5.74, 6) is 1.21. The Morgan fingerprint density at radius 3 is 2.39 bits per heavy atom. The highest BCUT2D eigenvalue weighted by Crippen LogP contribution is 2.32. The summed E-state index contributed by atoms with van der Waals surface area (Å²) >= 11 is 0. The van der Waals surface area contributed by atoms with Crippen molar-refractivity contribution in [3.8, 4) is 11.5 Å². The average Bonchev–Trinajstić information content (AvgIpc) is 3.55. The maximum Gasteiger partial charge on any atom is 0.257 e. The fraction of sp³-hybridized carbons (Fsp3) is 0.259. The van der Waals surface area contributed by atoms with Crippen molar-refractivity contribution in [1.29, 1.82) is 0 Å². The largest absolute Gasteiger partial charge is 0.497 e. The number of methoxy groups -OCH3 is 2. The van der Waals surface area contributed by atoms with Crippen LogP contribution in [0.2, 0.25) is 0 Å². The maximum atomic E-state index is 13.6. The van der Waals surface area contributed by atoms with Gasteiger partial charge in [-0.3, -0.25) is 9.36 Å². The predicted molar refractivity (Wildman–Crippen MR) is 139 cm³/mol. The van der Waals surface area contributed by atoms with Crippen LogP contribution in [0.5, 0.6) is 11.5 Å². The lowest BCUT2D eigenvalue weighted by Gasteiger charge is -2.14. The molecule has 11 heteroatoms. The molecule has 11 nitrogen and oxygen atoms in total. The zero-order valence-electron chi connectivity index (χ0n) is 20.8. The zero-order valence-corrected chi connectivity index (χ0v) is 20.8. The smallest absolute Gasteiger partial charge is 0.257 e. The first-order chi connectivity index (χ1) is 18.5. The number of carbonyl (C=O) groups excluding carboxylic acids is 1. The molecule has 0 bridgehead atoms. The monoisotopic (exact) mass is 517 g/mol. The van der Waals surface area contributed by atoms with E-state index in [2.05, 4.69) is 20.3 Å². The lowest BCUT2D eigenvalue weighted by Crippen LogP contribution is -2.24. The molecule has 1 fully saturated rings. The topological polar surface area (TPSA) is 141 Å². The molecule has 0 spiro atoms. The third kappa shape index (κ3) is 5.07. The Balaban J connectivity index is 1.47. The van der Waals surface area contributed by atoms with E-state index in [-0.39, 0.29) is 18.8 Å². The second-order valence-electron chi connectivity index (χ2n) is 8.67. The molecular weight excluding hydrogens is 490 g/mol. The Hall–Kier alpha value is -4.32. The van der Waals surface area contributed by atoms with Crippen molar-refractivity contribution in [2.75, 3.05) is 26.1 Å². The number of hydrogen-bond acceptors (Lipinski definition) is 9. The Labute approximate surface area is 218 Å². The van der Waals surface area contributed by atoms with Crippen LogP contribution in [0.15, 0.2) is 61.2 Å². The van der Waals surface area contributed by atoms with E-state index in [1.165, 1.54) is 12.7 Å². The van der Waals surface area contributed by atoms with Gasteiger partial charge in [-0.1, -0.05) is 24.3 Å². The van der Waals surface area contributed by atoms with Crippen molar-refractivity contribution >= 4 is 34.5 Å². The highest BCUT2D eigenvalue weighted by Gasteiger charge is 2.35. The summed E-state index contributed by atoms with van der Waals surface area (Å²) in [7, 11) is 3.17.